The first-order valence-corrected chi connectivity index (χ1v) is 8.99. The van der Waals surface area contributed by atoms with Crippen molar-refractivity contribution in [3.63, 3.8) is 0 Å². The largest absolute Gasteiger partial charge is 0.506 e. The van der Waals surface area contributed by atoms with Crippen molar-refractivity contribution in [1.29, 1.82) is 5.39 Å². The number of ether oxygens (including phenoxy) is 1. The van der Waals surface area contributed by atoms with E-state index in [0.717, 1.165) is 5.56 Å². The molecule has 0 saturated heterocycles. The molecule has 7 nitrogen and oxygen atoms in total. The Kier molecular flexibility index (Phi) is 5.89. The van der Waals surface area contributed by atoms with Crippen LogP contribution in [-0.2, 0) is 20.9 Å². The second-order valence-corrected chi connectivity index (χ2v) is 7.65. The molecule has 1 aliphatic rings. The first-order chi connectivity index (χ1) is 12.7. The average molecular weight is 372 g/mol. The number of aliphatic hydroxyl groups is 1. The summed E-state index contributed by atoms with van der Waals surface area (Å²) in [5, 5.41) is 19.8. The van der Waals surface area contributed by atoms with Crippen molar-refractivity contribution >= 4 is 11.9 Å². The Labute approximate surface area is 159 Å². The average Bonchev–Trinajstić information content (AvgIpc) is 3.42. The van der Waals surface area contributed by atoms with Crippen molar-refractivity contribution < 1.29 is 19.4 Å². The van der Waals surface area contributed by atoms with E-state index in [-0.39, 0.29) is 12.5 Å². The van der Waals surface area contributed by atoms with Crippen molar-refractivity contribution in [1.82, 2.24) is 4.90 Å². The number of hydrogen-bond donors (Lipinski definition) is 1. The molecule has 0 spiro atoms. The smallest absolute Gasteiger partial charge is 0.504 e. The summed E-state index contributed by atoms with van der Waals surface area (Å²) in [5.41, 5.74) is -1.42. The molecule has 1 amide bonds. The third kappa shape index (κ3) is 4.27. The maximum atomic E-state index is 13.4. The van der Waals surface area contributed by atoms with E-state index in [1.165, 1.54) is 0 Å². The van der Waals surface area contributed by atoms with Crippen LogP contribution in [0.25, 0.3) is 4.98 Å². The van der Waals surface area contributed by atoms with Crippen molar-refractivity contribution in [2.75, 3.05) is 6.61 Å². The third-order valence-electron chi connectivity index (χ3n) is 4.64. The lowest BCUT2D eigenvalue weighted by Gasteiger charge is -2.38. The number of aliphatic hydroxyl groups excluding tert-OH is 1. The van der Waals surface area contributed by atoms with Crippen molar-refractivity contribution in [2.24, 2.45) is 5.41 Å². The van der Waals surface area contributed by atoms with Gasteiger partial charge in [-0.3, -0.25) is 4.79 Å². The number of esters is 1. The Balaban J connectivity index is 2.39. The topological polar surface area (TPSA) is 95.0 Å². The maximum Gasteiger partial charge on any atom is 0.506 e. The van der Waals surface area contributed by atoms with Crippen molar-refractivity contribution in [3.8, 4) is 0 Å². The molecule has 0 aliphatic heterocycles. The molecule has 27 heavy (non-hydrogen) atoms. The van der Waals surface area contributed by atoms with Gasteiger partial charge in [0.2, 0.25) is 17.1 Å². The number of hydrogen-bond acceptors (Lipinski definition) is 5. The molecule has 1 fully saturated rings. The second-order valence-electron chi connectivity index (χ2n) is 7.65. The molecule has 0 atom stereocenters. The molecule has 0 bridgehead atoms. The van der Waals surface area contributed by atoms with Gasteiger partial charge in [-0.15, -0.1) is 0 Å². The Morgan fingerprint density at radius 1 is 1.26 bits per heavy atom. The van der Waals surface area contributed by atoms with Crippen LogP contribution in [-0.4, -0.2) is 34.0 Å². The fourth-order valence-electron chi connectivity index (χ4n) is 2.93. The Morgan fingerprint density at radius 3 is 2.30 bits per heavy atom. The molecule has 0 radical (unpaired) electrons. The third-order valence-corrected chi connectivity index (χ3v) is 4.64. The highest BCUT2D eigenvalue weighted by Crippen LogP contribution is 2.54. The molecule has 0 aromatic heterocycles. The van der Waals surface area contributed by atoms with E-state index in [4.69, 9.17) is 4.74 Å². The van der Waals surface area contributed by atoms with Gasteiger partial charge in [-0.2, -0.15) is 0 Å². The fraction of sp³-hybridized carbons (Fsp3) is 0.500. The number of carbonyl (C=O) groups is 2. The Morgan fingerprint density at radius 2 is 1.85 bits per heavy atom. The van der Waals surface area contributed by atoms with Gasteiger partial charge in [0.25, 0.3) is 0 Å². The van der Waals surface area contributed by atoms with Gasteiger partial charge in [0.1, 0.15) is 5.41 Å². The number of carbonyl (C=O) groups excluding carboxylic acids is 2. The molecule has 1 aromatic rings. The summed E-state index contributed by atoms with van der Waals surface area (Å²) < 4.78 is 4.81. The minimum absolute atomic E-state index is 0.0637. The molecule has 0 unspecified atom stereocenters. The van der Waals surface area contributed by atoms with Crippen LogP contribution in [0.3, 0.4) is 0 Å². The van der Waals surface area contributed by atoms with Crippen molar-refractivity contribution in [2.45, 2.75) is 52.6 Å². The normalized spacial score (nSPS) is 16.0. The van der Waals surface area contributed by atoms with Crippen LogP contribution in [0, 0.1) is 10.8 Å². The van der Waals surface area contributed by atoms with Gasteiger partial charge in [-0.05, 0) is 46.1 Å². The monoisotopic (exact) mass is 372 g/mol. The van der Waals surface area contributed by atoms with Crippen LogP contribution in [0.2, 0.25) is 0 Å². The van der Waals surface area contributed by atoms with Crippen LogP contribution in [0.4, 0.5) is 0 Å². The number of rotatable bonds is 6. The standard InChI is InChI=1S/C20H25N3O4/c1-5-27-17(25)15(22-21)16(24)20(11-12-20)18(26)23(19(2,3)4)13-14-9-7-6-8-10-14/h6-10H,5,11-13H2,1-4H3/p+1. The van der Waals surface area contributed by atoms with E-state index in [9.17, 15) is 20.1 Å². The highest BCUT2D eigenvalue weighted by Gasteiger charge is 2.61. The summed E-state index contributed by atoms with van der Waals surface area (Å²) in [6.07, 6.45) is 0.745. The van der Waals surface area contributed by atoms with E-state index < -0.39 is 28.4 Å². The predicted molar refractivity (Wildman–Crippen MR) is 99.8 cm³/mol. The molecule has 1 aromatic carbocycles. The molecular formula is C20H26N3O4+. The Hall–Kier alpha value is -2.88. The summed E-state index contributed by atoms with van der Waals surface area (Å²) in [6.45, 7) is 7.76. The fourth-order valence-corrected chi connectivity index (χ4v) is 2.93. The highest BCUT2D eigenvalue weighted by atomic mass is 16.5. The molecule has 1 N–H and O–H groups in total. The van der Waals surface area contributed by atoms with Gasteiger partial charge >= 0.3 is 11.7 Å². The van der Waals surface area contributed by atoms with E-state index in [1.54, 1.807) is 11.8 Å². The molecule has 7 heteroatoms. The highest BCUT2D eigenvalue weighted by molar-refractivity contribution is 5.95. The summed E-state index contributed by atoms with van der Waals surface area (Å²) in [7, 11) is 0. The van der Waals surface area contributed by atoms with Gasteiger partial charge in [0.05, 0.1) is 6.61 Å². The zero-order chi connectivity index (χ0) is 20.2. The zero-order valence-electron chi connectivity index (χ0n) is 16.2. The lowest BCUT2D eigenvalue weighted by atomic mass is 9.95. The van der Waals surface area contributed by atoms with Crippen molar-refractivity contribution in [3.05, 3.63) is 52.3 Å². The second kappa shape index (κ2) is 7.78. The number of amides is 1. The summed E-state index contributed by atoms with van der Waals surface area (Å²) in [6, 6.07) is 9.55. The lowest BCUT2D eigenvalue weighted by Crippen LogP contribution is -2.49. The van der Waals surface area contributed by atoms with Gasteiger partial charge in [0, 0.05) is 12.1 Å². The molecule has 144 valence electrons. The predicted octanol–water partition coefficient (Wildman–Crippen LogP) is 3.78. The van der Waals surface area contributed by atoms with Crippen LogP contribution < -0.4 is 0 Å². The van der Waals surface area contributed by atoms with Gasteiger partial charge < -0.3 is 14.7 Å². The minimum Gasteiger partial charge on any atom is -0.504 e. The summed E-state index contributed by atoms with van der Waals surface area (Å²) in [4.78, 5) is 29.9. The first-order valence-electron chi connectivity index (χ1n) is 8.99. The van der Waals surface area contributed by atoms with Crippen LogP contribution in [0.1, 0.15) is 46.1 Å². The van der Waals surface area contributed by atoms with Crippen LogP contribution in [0.15, 0.2) is 41.8 Å². The first kappa shape index (κ1) is 20.4. The van der Waals surface area contributed by atoms with E-state index in [2.05, 4.69) is 4.98 Å². The summed E-state index contributed by atoms with van der Waals surface area (Å²) >= 11 is 0. The van der Waals surface area contributed by atoms with Gasteiger partial charge in [0.15, 0.2) is 4.98 Å². The van der Waals surface area contributed by atoms with E-state index in [0.29, 0.717) is 19.4 Å². The van der Waals surface area contributed by atoms with Gasteiger partial charge in [-0.1, -0.05) is 30.3 Å². The number of diazo groups is 1. The van der Waals surface area contributed by atoms with E-state index >= 15 is 0 Å². The molecule has 1 saturated carbocycles. The quantitative estimate of drug-likeness (QED) is 0.355. The van der Waals surface area contributed by atoms with Crippen LogP contribution >= 0.6 is 0 Å². The van der Waals surface area contributed by atoms with Crippen LogP contribution in [0.5, 0.6) is 0 Å². The lowest BCUT2D eigenvalue weighted by molar-refractivity contribution is -0.142. The molecule has 2 rings (SSSR count). The minimum atomic E-state index is -1.25. The summed E-state index contributed by atoms with van der Waals surface area (Å²) in [5.74, 6) is -1.79. The maximum absolute atomic E-state index is 13.4. The molecular weight excluding hydrogens is 346 g/mol. The zero-order valence-corrected chi connectivity index (χ0v) is 16.2. The molecule has 1 aliphatic carbocycles. The van der Waals surface area contributed by atoms with Gasteiger partial charge in [-0.25, -0.2) is 4.79 Å². The Bertz CT molecular complexity index is 784. The SMILES string of the molecule is CCOC(=O)/C([N+]#N)=C(\O)C1(C(=O)N(Cc2ccccc2)C(C)(C)C)CC1. The number of benzene rings is 1. The van der Waals surface area contributed by atoms with E-state index in [1.807, 2.05) is 51.1 Å². The number of nitrogens with zero attached hydrogens (tertiary/aromatic N) is 3. The molecule has 0 heterocycles.